The van der Waals surface area contributed by atoms with Crippen LogP contribution in [0.3, 0.4) is 0 Å². The van der Waals surface area contributed by atoms with Crippen molar-refractivity contribution in [1.29, 1.82) is 0 Å². The fourth-order valence-electron chi connectivity index (χ4n) is 2.53. The number of carboxylic acids is 1. The third kappa shape index (κ3) is 8.15. The highest BCUT2D eigenvalue weighted by molar-refractivity contribution is 6.32. The summed E-state index contributed by atoms with van der Waals surface area (Å²) in [6.45, 7) is 8.48. The molecule has 146 valence electrons. The zero-order valence-electron chi connectivity index (χ0n) is 16.1. The molecule has 0 aliphatic heterocycles. The van der Waals surface area contributed by atoms with E-state index in [1.807, 2.05) is 6.07 Å². The van der Waals surface area contributed by atoms with Gasteiger partial charge in [-0.1, -0.05) is 69.1 Å². The average Bonchev–Trinajstić information content (AvgIpc) is 2.58. The smallest absolute Gasteiger partial charge is 0.335 e. The number of aromatic carboxylic acids is 1. The molecular weight excluding hydrogens is 383 g/mol. The number of aldehydes is 1. The molecule has 0 aliphatic carbocycles. The van der Waals surface area contributed by atoms with E-state index in [0.29, 0.717) is 27.4 Å². The number of carboxylic acid groups (broad SMARTS) is 1. The lowest BCUT2D eigenvalue weighted by Crippen LogP contribution is -1.99. The lowest BCUT2D eigenvalue weighted by atomic mass is 10.0. The minimum absolute atomic E-state index is 0.238. The van der Waals surface area contributed by atoms with Crippen LogP contribution in [0.1, 0.15) is 59.5 Å². The summed E-state index contributed by atoms with van der Waals surface area (Å²) >= 11 is 11.9. The Morgan fingerprint density at radius 1 is 0.926 bits per heavy atom. The maximum atomic E-state index is 10.6. The molecule has 0 fully saturated rings. The molecule has 0 heterocycles. The number of carbonyl (C=O) groups excluding carboxylic acids is 1. The molecule has 0 aromatic heterocycles. The van der Waals surface area contributed by atoms with E-state index in [-0.39, 0.29) is 5.56 Å². The van der Waals surface area contributed by atoms with E-state index in [1.54, 1.807) is 24.3 Å². The molecule has 0 saturated carbocycles. The summed E-state index contributed by atoms with van der Waals surface area (Å²) in [5.41, 5.74) is 2.99. The number of benzene rings is 2. The van der Waals surface area contributed by atoms with Crippen molar-refractivity contribution in [3.8, 4) is 0 Å². The van der Waals surface area contributed by atoms with Gasteiger partial charge in [-0.2, -0.15) is 0 Å². The monoisotopic (exact) mass is 408 g/mol. The third-order valence-corrected chi connectivity index (χ3v) is 4.47. The van der Waals surface area contributed by atoms with E-state index >= 15 is 0 Å². The van der Waals surface area contributed by atoms with Gasteiger partial charge in [0.1, 0.15) is 6.29 Å². The van der Waals surface area contributed by atoms with Crippen molar-refractivity contribution in [3.63, 3.8) is 0 Å². The Hall–Kier alpha value is -1.84. The highest BCUT2D eigenvalue weighted by Crippen LogP contribution is 2.21. The molecule has 1 N–H and O–H groups in total. The first-order valence-electron chi connectivity index (χ1n) is 8.89. The summed E-state index contributed by atoms with van der Waals surface area (Å²) in [7, 11) is 0. The molecule has 0 bridgehead atoms. The summed E-state index contributed by atoms with van der Waals surface area (Å²) < 4.78 is 0. The highest BCUT2D eigenvalue weighted by Gasteiger charge is 2.08. The second kappa shape index (κ2) is 11.1. The van der Waals surface area contributed by atoms with Crippen LogP contribution in [0, 0.1) is 11.8 Å². The first-order valence-corrected chi connectivity index (χ1v) is 9.65. The maximum Gasteiger partial charge on any atom is 0.335 e. The quantitative estimate of drug-likeness (QED) is 0.548. The molecular formula is C22H26Cl2O3. The van der Waals surface area contributed by atoms with Crippen molar-refractivity contribution in [2.75, 3.05) is 0 Å². The Bertz CT molecular complexity index is 783. The minimum atomic E-state index is -0.942. The van der Waals surface area contributed by atoms with Crippen molar-refractivity contribution in [2.24, 2.45) is 11.8 Å². The first-order chi connectivity index (χ1) is 12.6. The van der Waals surface area contributed by atoms with Gasteiger partial charge in [-0.25, -0.2) is 4.79 Å². The van der Waals surface area contributed by atoms with Crippen molar-refractivity contribution in [3.05, 3.63) is 68.7 Å². The predicted octanol–water partition coefficient (Wildman–Crippen LogP) is 6.59. The van der Waals surface area contributed by atoms with Crippen LogP contribution in [0.15, 0.2) is 36.4 Å². The number of halogens is 2. The lowest BCUT2D eigenvalue weighted by Gasteiger charge is -2.07. The van der Waals surface area contributed by atoms with Crippen molar-refractivity contribution >= 4 is 35.5 Å². The van der Waals surface area contributed by atoms with Gasteiger partial charge in [-0.3, -0.25) is 4.79 Å². The van der Waals surface area contributed by atoms with Crippen molar-refractivity contribution in [1.82, 2.24) is 0 Å². The number of hydrogen-bond donors (Lipinski definition) is 1. The van der Waals surface area contributed by atoms with Gasteiger partial charge in [-0.05, 0) is 54.0 Å². The second-order valence-electron chi connectivity index (χ2n) is 7.28. The normalized spacial score (nSPS) is 10.5. The molecule has 0 unspecified atom stereocenters. The SMILES string of the molecule is CC(C)Cc1ccc(C(=O)O)cc1Cl.CC(C)Cc1ccc(C=O)cc1Cl. The number of hydrogen-bond acceptors (Lipinski definition) is 2. The van der Waals surface area contributed by atoms with Crippen molar-refractivity contribution < 1.29 is 14.7 Å². The molecule has 27 heavy (non-hydrogen) atoms. The maximum absolute atomic E-state index is 10.6. The molecule has 2 rings (SSSR count). The van der Waals surface area contributed by atoms with E-state index < -0.39 is 5.97 Å². The van der Waals surface area contributed by atoms with E-state index in [2.05, 4.69) is 27.7 Å². The predicted molar refractivity (Wildman–Crippen MR) is 112 cm³/mol. The minimum Gasteiger partial charge on any atom is -0.478 e. The molecule has 0 amide bonds. The van der Waals surface area contributed by atoms with Crippen LogP contribution in [0.25, 0.3) is 0 Å². The Labute approximate surface area is 171 Å². The average molecular weight is 409 g/mol. The zero-order valence-corrected chi connectivity index (χ0v) is 17.6. The van der Waals surface area contributed by atoms with Gasteiger partial charge < -0.3 is 5.11 Å². The molecule has 0 saturated heterocycles. The second-order valence-corrected chi connectivity index (χ2v) is 8.09. The van der Waals surface area contributed by atoms with Crippen LogP contribution in [0.5, 0.6) is 0 Å². The first kappa shape index (κ1) is 23.2. The van der Waals surface area contributed by atoms with Crippen LogP contribution in [0.4, 0.5) is 0 Å². The molecule has 0 aliphatic rings. The molecule has 0 spiro atoms. The van der Waals surface area contributed by atoms with Gasteiger partial charge in [0.15, 0.2) is 0 Å². The summed E-state index contributed by atoms with van der Waals surface area (Å²) in [5, 5.41) is 9.96. The Morgan fingerprint density at radius 2 is 1.41 bits per heavy atom. The summed E-state index contributed by atoms with van der Waals surface area (Å²) in [6, 6.07) is 10.3. The largest absolute Gasteiger partial charge is 0.478 e. The van der Waals surface area contributed by atoms with Crippen LogP contribution in [0.2, 0.25) is 10.0 Å². The Morgan fingerprint density at radius 3 is 1.78 bits per heavy atom. The van der Waals surface area contributed by atoms with Gasteiger partial charge in [-0.15, -0.1) is 0 Å². The third-order valence-electron chi connectivity index (χ3n) is 3.77. The van der Waals surface area contributed by atoms with Crippen LogP contribution >= 0.6 is 23.2 Å². The number of rotatable bonds is 6. The fraction of sp³-hybridized carbons (Fsp3) is 0.364. The van der Waals surface area contributed by atoms with Crippen LogP contribution < -0.4 is 0 Å². The van der Waals surface area contributed by atoms with Crippen LogP contribution in [-0.4, -0.2) is 17.4 Å². The molecule has 0 atom stereocenters. The summed E-state index contributed by atoms with van der Waals surface area (Å²) in [5.74, 6) is 0.158. The van der Waals surface area contributed by atoms with Gasteiger partial charge >= 0.3 is 5.97 Å². The van der Waals surface area contributed by atoms with E-state index in [9.17, 15) is 9.59 Å². The Kier molecular flexibility index (Phi) is 9.54. The fourth-order valence-corrected chi connectivity index (χ4v) is 3.05. The molecule has 2 aromatic carbocycles. The summed E-state index contributed by atoms with van der Waals surface area (Å²) in [6.07, 6.45) is 2.64. The van der Waals surface area contributed by atoms with E-state index in [4.69, 9.17) is 28.3 Å². The Balaban J connectivity index is 0.000000271. The van der Waals surface area contributed by atoms with Gasteiger partial charge in [0.25, 0.3) is 0 Å². The lowest BCUT2D eigenvalue weighted by molar-refractivity contribution is 0.0696. The molecule has 3 nitrogen and oxygen atoms in total. The molecule has 5 heteroatoms. The van der Waals surface area contributed by atoms with E-state index in [0.717, 1.165) is 30.3 Å². The topological polar surface area (TPSA) is 54.4 Å². The van der Waals surface area contributed by atoms with E-state index in [1.165, 1.54) is 6.07 Å². The summed E-state index contributed by atoms with van der Waals surface area (Å²) in [4.78, 5) is 21.1. The van der Waals surface area contributed by atoms with Gasteiger partial charge in [0.05, 0.1) is 5.56 Å². The molecule has 0 radical (unpaired) electrons. The highest BCUT2D eigenvalue weighted by atomic mass is 35.5. The standard InChI is InChI=1S/C11H13ClO2.C11H13ClO/c1-7(2)5-8-3-4-9(11(13)14)6-10(8)12;1-8(2)5-10-4-3-9(7-13)6-11(10)12/h3-4,6-7H,5H2,1-2H3,(H,13,14);3-4,6-8H,5H2,1-2H3. The van der Waals surface area contributed by atoms with Gasteiger partial charge in [0, 0.05) is 15.6 Å². The number of carbonyl (C=O) groups is 2. The molecule has 2 aromatic rings. The zero-order chi connectivity index (χ0) is 20.6. The van der Waals surface area contributed by atoms with Gasteiger partial charge in [0.2, 0.25) is 0 Å². The van der Waals surface area contributed by atoms with Crippen molar-refractivity contribution in [2.45, 2.75) is 40.5 Å². The van der Waals surface area contributed by atoms with Crippen LogP contribution in [-0.2, 0) is 12.8 Å².